The maximum atomic E-state index is 13.1. The first-order chi connectivity index (χ1) is 14.7. The Bertz CT molecular complexity index is 1260. The normalized spacial score (nSPS) is 10.6. The van der Waals surface area contributed by atoms with Crippen molar-refractivity contribution in [3.8, 4) is 0 Å². The summed E-state index contributed by atoms with van der Waals surface area (Å²) in [7, 11) is 0. The smallest absolute Gasteiger partial charge is 0.330 e. The summed E-state index contributed by atoms with van der Waals surface area (Å²) in [5.74, 6) is -0.817. The van der Waals surface area contributed by atoms with Crippen LogP contribution in [0.25, 0.3) is 0 Å². The molecule has 0 spiro atoms. The molecule has 3 N–H and O–H groups in total. The lowest BCUT2D eigenvalue weighted by Gasteiger charge is -2.23. The maximum absolute atomic E-state index is 13.1. The molecule has 0 aliphatic rings. The SMILES string of the molecule is CCN(C(=O)c1ccc(C)c([N+](=O)[O-])c1)c1c(N)n(Cc2ccccc2)c(=O)[nH]c1=O. The number of aromatic nitrogens is 2. The van der Waals surface area contributed by atoms with Gasteiger partial charge in [-0.15, -0.1) is 0 Å². The van der Waals surface area contributed by atoms with Gasteiger partial charge in [0.05, 0.1) is 11.5 Å². The molecule has 0 aliphatic carbocycles. The Morgan fingerprint density at radius 3 is 2.48 bits per heavy atom. The van der Waals surface area contributed by atoms with Crippen LogP contribution in [0.1, 0.15) is 28.4 Å². The van der Waals surface area contributed by atoms with Crippen molar-refractivity contribution in [1.29, 1.82) is 0 Å². The van der Waals surface area contributed by atoms with Gasteiger partial charge in [0.2, 0.25) is 0 Å². The highest BCUT2D eigenvalue weighted by atomic mass is 16.6. The fourth-order valence-electron chi connectivity index (χ4n) is 3.26. The standard InChI is InChI=1S/C21H21N5O5/c1-3-24(20(28)15-10-9-13(2)16(11-15)26(30)31)17-18(22)25(21(29)23-19(17)27)12-14-7-5-4-6-8-14/h4-11H,3,12,22H2,1-2H3,(H,23,27,29). The molecule has 10 heteroatoms. The molecule has 0 bridgehead atoms. The summed E-state index contributed by atoms with van der Waals surface area (Å²) in [5, 5.41) is 11.2. The molecular weight excluding hydrogens is 402 g/mol. The number of amides is 1. The van der Waals surface area contributed by atoms with Crippen LogP contribution in [0.4, 0.5) is 17.2 Å². The molecule has 31 heavy (non-hydrogen) atoms. The molecule has 1 aromatic heterocycles. The van der Waals surface area contributed by atoms with Gasteiger partial charge in [0.15, 0.2) is 5.69 Å². The average molecular weight is 423 g/mol. The van der Waals surface area contributed by atoms with Crippen molar-refractivity contribution in [2.45, 2.75) is 20.4 Å². The van der Waals surface area contributed by atoms with Crippen molar-refractivity contribution >= 4 is 23.1 Å². The summed E-state index contributed by atoms with van der Waals surface area (Å²) in [5.41, 5.74) is 5.45. The van der Waals surface area contributed by atoms with E-state index in [9.17, 15) is 24.5 Å². The lowest BCUT2D eigenvalue weighted by atomic mass is 10.1. The Hall–Kier alpha value is -4.21. The summed E-state index contributed by atoms with van der Waals surface area (Å²) in [6.07, 6.45) is 0. The summed E-state index contributed by atoms with van der Waals surface area (Å²) in [6.45, 7) is 3.34. The van der Waals surface area contributed by atoms with E-state index in [1.807, 2.05) is 6.07 Å². The fraction of sp³-hybridized carbons (Fsp3) is 0.190. The Morgan fingerprint density at radius 2 is 1.87 bits per heavy atom. The third kappa shape index (κ3) is 4.22. The van der Waals surface area contributed by atoms with E-state index < -0.39 is 22.1 Å². The van der Waals surface area contributed by atoms with Gasteiger partial charge in [-0.3, -0.25) is 29.3 Å². The zero-order valence-electron chi connectivity index (χ0n) is 17.0. The lowest BCUT2D eigenvalue weighted by Crippen LogP contribution is -2.41. The molecule has 3 aromatic rings. The highest BCUT2D eigenvalue weighted by Gasteiger charge is 2.25. The maximum Gasteiger partial charge on any atom is 0.330 e. The van der Waals surface area contributed by atoms with Gasteiger partial charge in [0.25, 0.3) is 17.2 Å². The Kier molecular flexibility index (Phi) is 6.00. The molecule has 0 atom stereocenters. The third-order valence-corrected chi connectivity index (χ3v) is 4.88. The zero-order chi connectivity index (χ0) is 22.7. The van der Waals surface area contributed by atoms with Gasteiger partial charge in [-0.2, -0.15) is 0 Å². The van der Waals surface area contributed by atoms with E-state index in [1.54, 1.807) is 38.1 Å². The third-order valence-electron chi connectivity index (χ3n) is 4.88. The predicted octanol–water partition coefficient (Wildman–Crippen LogP) is 2.05. The lowest BCUT2D eigenvalue weighted by molar-refractivity contribution is -0.385. The van der Waals surface area contributed by atoms with Crippen LogP contribution >= 0.6 is 0 Å². The van der Waals surface area contributed by atoms with Crippen molar-refractivity contribution < 1.29 is 9.72 Å². The number of hydrogen-bond donors (Lipinski definition) is 2. The van der Waals surface area contributed by atoms with Crippen LogP contribution in [0.2, 0.25) is 0 Å². The molecule has 2 aromatic carbocycles. The van der Waals surface area contributed by atoms with Gasteiger partial charge >= 0.3 is 5.69 Å². The number of benzene rings is 2. The van der Waals surface area contributed by atoms with Gasteiger partial charge in [0.1, 0.15) is 5.82 Å². The number of aryl methyl sites for hydroxylation is 1. The number of nitrogens with zero attached hydrogens (tertiary/aromatic N) is 3. The van der Waals surface area contributed by atoms with E-state index in [0.29, 0.717) is 5.56 Å². The number of H-pyrrole nitrogens is 1. The van der Waals surface area contributed by atoms with Crippen molar-refractivity contribution in [3.05, 3.63) is 96.2 Å². The number of nitro benzene ring substituents is 1. The summed E-state index contributed by atoms with van der Waals surface area (Å²) < 4.78 is 1.17. The molecule has 0 aliphatic heterocycles. The first-order valence-corrected chi connectivity index (χ1v) is 9.48. The van der Waals surface area contributed by atoms with E-state index in [1.165, 1.54) is 16.7 Å². The van der Waals surface area contributed by atoms with Crippen LogP contribution < -0.4 is 21.9 Å². The minimum absolute atomic E-state index is 0.0266. The van der Waals surface area contributed by atoms with Crippen LogP contribution in [0.3, 0.4) is 0 Å². The van der Waals surface area contributed by atoms with E-state index in [-0.39, 0.29) is 35.8 Å². The van der Waals surface area contributed by atoms with E-state index in [2.05, 4.69) is 4.98 Å². The summed E-state index contributed by atoms with van der Waals surface area (Å²) >= 11 is 0. The number of nitrogen functional groups attached to an aromatic ring is 1. The van der Waals surface area contributed by atoms with E-state index in [4.69, 9.17) is 5.73 Å². The highest BCUT2D eigenvalue weighted by Crippen LogP contribution is 2.24. The molecule has 10 nitrogen and oxygen atoms in total. The fourth-order valence-corrected chi connectivity index (χ4v) is 3.26. The van der Waals surface area contributed by atoms with Crippen molar-refractivity contribution in [3.63, 3.8) is 0 Å². The first-order valence-electron chi connectivity index (χ1n) is 9.48. The van der Waals surface area contributed by atoms with Crippen LogP contribution in [0.5, 0.6) is 0 Å². The molecule has 3 rings (SSSR count). The number of nitro groups is 1. The number of aromatic amines is 1. The molecule has 0 radical (unpaired) electrons. The second-order valence-electron chi connectivity index (χ2n) is 6.87. The second-order valence-corrected chi connectivity index (χ2v) is 6.87. The molecule has 1 amide bonds. The van der Waals surface area contributed by atoms with Crippen molar-refractivity contribution in [2.75, 3.05) is 17.2 Å². The molecule has 0 unspecified atom stereocenters. The van der Waals surface area contributed by atoms with E-state index >= 15 is 0 Å². The van der Waals surface area contributed by atoms with Gasteiger partial charge in [-0.1, -0.05) is 36.4 Å². The predicted molar refractivity (Wildman–Crippen MR) is 116 cm³/mol. The largest absolute Gasteiger partial charge is 0.383 e. The van der Waals surface area contributed by atoms with Gasteiger partial charge in [0, 0.05) is 23.7 Å². The molecule has 1 heterocycles. The van der Waals surface area contributed by atoms with Gasteiger partial charge < -0.3 is 10.6 Å². The number of carbonyl (C=O) groups excluding carboxylic acids is 1. The Labute approximate surface area is 176 Å². The van der Waals surface area contributed by atoms with Crippen LogP contribution in [-0.2, 0) is 6.54 Å². The number of carbonyl (C=O) groups is 1. The van der Waals surface area contributed by atoms with Crippen molar-refractivity contribution in [2.24, 2.45) is 0 Å². The summed E-state index contributed by atoms with van der Waals surface area (Å²) in [4.78, 5) is 52.0. The van der Waals surface area contributed by atoms with Crippen LogP contribution in [-0.4, -0.2) is 26.9 Å². The summed E-state index contributed by atoms with van der Waals surface area (Å²) in [6, 6.07) is 13.1. The van der Waals surface area contributed by atoms with Crippen LogP contribution in [0, 0.1) is 17.0 Å². The zero-order valence-corrected chi connectivity index (χ0v) is 17.0. The molecule has 0 saturated heterocycles. The second kappa shape index (κ2) is 8.66. The average Bonchev–Trinajstić information content (AvgIpc) is 2.74. The number of rotatable bonds is 6. The monoisotopic (exact) mass is 423 g/mol. The van der Waals surface area contributed by atoms with Gasteiger partial charge in [-0.25, -0.2) is 4.79 Å². The number of hydrogen-bond acceptors (Lipinski definition) is 6. The highest BCUT2D eigenvalue weighted by molar-refractivity contribution is 6.07. The minimum Gasteiger partial charge on any atom is -0.383 e. The Morgan fingerprint density at radius 1 is 1.19 bits per heavy atom. The number of anilines is 2. The Balaban J connectivity index is 2.09. The molecule has 0 saturated carbocycles. The van der Waals surface area contributed by atoms with E-state index in [0.717, 1.165) is 16.5 Å². The van der Waals surface area contributed by atoms with Crippen LogP contribution in [0.15, 0.2) is 58.1 Å². The molecule has 0 fully saturated rings. The first kappa shape index (κ1) is 21.5. The van der Waals surface area contributed by atoms with Gasteiger partial charge in [-0.05, 0) is 25.5 Å². The quantitative estimate of drug-likeness (QED) is 0.459. The molecular formula is C21H21N5O5. The molecule has 160 valence electrons. The minimum atomic E-state index is -0.816. The number of nitrogens with one attached hydrogen (secondary N) is 1. The number of nitrogens with two attached hydrogens (primary N) is 1. The van der Waals surface area contributed by atoms with Crippen molar-refractivity contribution in [1.82, 2.24) is 9.55 Å². The topological polar surface area (TPSA) is 144 Å².